The first-order valence-electron chi connectivity index (χ1n) is 10.6. The molecule has 6 nitrogen and oxygen atoms in total. The van der Waals surface area contributed by atoms with Gasteiger partial charge in [-0.15, -0.1) is 5.10 Å². The summed E-state index contributed by atoms with van der Waals surface area (Å²) in [5.41, 5.74) is 2.79. The summed E-state index contributed by atoms with van der Waals surface area (Å²) in [4.78, 5) is 18.1. The van der Waals surface area contributed by atoms with Crippen molar-refractivity contribution < 1.29 is 9.53 Å². The first-order valence-corrected chi connectivity index (χ1v) is 10.6. The molecule has 0 radical (unpaired) electrons. The van der Waals surface area contributed by atoms with Gasteiger partial charge >= 0.3 is 0 Å². The Morgan fingerprint density at radius 1 is 0.931 bits per heavy atom. The molecule has 0 unspecified atom stereocenters. The highest BCUT2D eigenvalue weighted by Gasteiger charge is 2.44. The molecule has 2 aromatic rings. The third kappa shape index (κ3) is 4.13. The van der Waals surface area contributed by atoms with Crippen LogP contribution >= 0.6 is 0 Å². The fraction of sp³-hybridized carbons (Fsp3) is 0.522. The normalized spacial score (nSPS) is 19.7. The first-order chi connectivity index (χ1) is 14.1. The Labute approximate surface area is 172 Å². The van der Waals surface area contributed by atoms with Crippen LogP contribution in [0.1, 0.15) is 36.1 Å². The standard InChI is InChI=1S/C23H30N4O2/c1-18-4-7-20(8-5-18)23(10-16-29-17-11-23)22(28)27-13-3-12-26(14-15-27)21-9-6-19(2)24-25-21/h4-9H,3,10-17H2,1-2H3. The molecule has 0 spiro atoms. The Morgan fingerprint density at radius 3 is 2.38 bits per heavy atom. The zero-order valence-electron chi connectivity index (χ0n) is 17.4. The molecule has 3 heterocycles. The van der Waals surface area contributed by atoms with Gasteiger partial charge in [0.15, 0.2) is 5.82 Å². The number of ether oxygens (including phenoxy) is 1. The summed E-state index contributed by atoms with van der Waals surface area (Å²) in [5, 5.41) is 8.51. The van der Waals surface area contributed by atoms with Gasteiger partial charge in [-0.1, -0.05) is 29.8 Å². The van der Waals surface area contributed by atoms with Gasteiger partial charge in [-0.3, -0.25) is 4.79 Å². The van der Waals surface area contributed by atoms with E-state index in [1.165, 1.54) is 5.56 Å². The Hall–Kier alpha value is -2.47. The van der Waals surface area contributed by atoms with Crippen LogP contribution in [-0.2, 0) is 14.9 Å². The minimum atomic E-state index is -0.467. The van der Waals surface area contributed by atoms with Gasteiger partial charge in [0.1, 0.15) is 0 Å². The lowest BCUT2D eigenvalue weighted by Crippen LogP contribution is -2.50. The fourth-order valence-corrected chi connectivity index (χ4v) is 4.43. The van der Waals surface area contributed by atoms with Crippen LogP contribution in [0.5, 0.6) is 0 Å². The molecule has 0 aliphatic carbocycles. The lowest BCUT2D eigenvalue weighted by molar-refractivity contribution is -0.141. The number of hydrogen-bond acceptors (Lipinski definition) is 5. The molecular weight excluding hydrogens is 364 g/mol. The molecule has 2 fully saturated rings. The van der Waals surface area contributed by atoms with E-state index in [0.29, 0.717) is 19.8 Å². The number of carbonyl (C=O) groups excluding carboxylic acids is 1. The largest absolute Gasteiger partial charge is 0.381 e. The quantitative estimate of drug-likeness (QED) is 0.801. The third-order valence-corrected chi connectivity index (χ3v) is 6.25. The molecule has 0 N–H and O–H groups in total. The highest BCUT2D eigenvalue weighted by Crippen LogP contribution is 2.37. The van der Waals surface area contributed by atoms with Crippen LogP contribution in [0.3, 0.4) is 0 Å². The highest BCUT2D eigenvalue weighted by molar-refractivity contribution is 5.88. The number of aromatic nitrogens is 2. The minimum Gasteiger partial charge on any atom is -0.381 e. The van der Waals surface area contributed by atoms with Crippen molar-refractivity contribution in [2.24, 2.45) is 0 Å². The van der Waals surface area contributed by atoms with Gasteiger partial charge in [-0.2, -0.15) is 5.10 Å². The maximum Gasteiger partial charge on any atom is 0.233 e. The molecule has 154 valence electrons. The van der Waals surface area contributed by atoms with E-state index in [0.717, 1.165) is 56.0 Å². The van der Waals surface area contributed by atoms with Crippen LogP contribution in [0, 0.1) is 13.8 Å². The van der Waals surface area contributed by atoms with Crippen molar-refractivity contribution in [1.29, 1.82) is 0 Å². The molecular formula is C23H30N4O2. The predicted molar refractivity (Wildman–Crippen MR) is 113 cm³/mol. The molecule has 1 aromatic heterocycles. The predicted octanol–water partition coefficient (Wildman–Crippen LogP) is 2.88. The van der Waals surface area contributed by atoms with Gasteiger partial charge in [0, 0.05) is 39.4 Å². The lowest BCUT2D eigenvalue weighted by Gasteiger charge is -2.40. The number of aryl methyl sites for hydroxylation is 2. The van der Waals surface area contributed by atoms with Crippen LogP contribution in [0.4, 0.5) is 5.82 Å². The molecule has 0 saturated carbocycles. The number of hydrogen-bond donors (Lipinski definition) is 0. The topological polar surface area (TPSA) is 58.6 Å². The van der Waals surface area contributed by atoms with Crippen LogP contribution in [-0.4, -0.2) is 60.4 Å². The summed E-state index contributed by atoms with van der Waals surface area (Å²) in [6, 6.07) is 12.5. The molecule has 0 bridgehead atoms. The zero-order chi connectivity index (χ0) is 20.3. The molecule has 4 rings (SSSR count). The second-order valence-electron chi connectivity index (χ2n) is 8.23. The molecule has 2 aliphatic heterocycles. The van der Waals surface area contributed by atoms with Crippen molar-refractivity contribution in [3.63, 3.8) is 0 Å². The zero-order valence-corrected chi connectivity index (χ0v) is 17.4. The number of benzene rings is 1. The number of carbonyl (C=O) groups is 1. The SMILES string of the molecule is Cc1ccc(C2(C(=O)N3CCCN(c4ccc(C)nn4)CC3)CCOCC2)cc1. The second kappa shape index (κ2) is 8.49. The molecule has 2 aliphatic rings. The summed E-state index contributed by atoms with van der Waals surface area (Å²) in [6.07, 6.45) is 2.43. The monoisotopic (exact) mass is 394 g/mol. The molecule has 0 atom stereocenters. The number of amides is 1. The Kier molecular flexibility index (Phi) is 5.81. The lowest BCUT2D eigenvalue weighted by atomic mass is 9.72. The number of anilines is 1. The molecule has 1 aromatic carbocycles. The van der Waals surface area contributed by atoms with E-state index in [-0.39, 0.29) is 5.91 Å². The average Bonchev–Trinajstić information content (AvgIpc) is 3.01. The number of nitrogens with zero attached hydrogens (tertiary/aromatic N) is 4. The molecule has 6 heteroatoms. The van der Waals surface area contributed by atoms with Gasteiger partial charge in [-0.25, -0.2) is 0 Å². The first kappa shape index (κ1) is 19.8. The van der Waals surface area contributed by atoms with Gasteiger partial charge in [0.25, 0.3) is 0 Å². The van der Waals surface area contributed by atoms with Gasteiger partial charge in [0.05, 0.1) is 11.1 Å². The third-order valence-electron chi connectivity index (χ3n) is 6.25. The van der Waals surface area contributed by atoms with E-state index < -0.39 is 5.41 Å². The van der Waals surface area contributed by atoms with Crippen LogP contribution in [0.15, 0.2) is 36.4 Å². The van der Waals surface area contributed by atoms with E-state index in [1.807, 2.05) is 19.1 Å². The number of rotatable bonds is 3. The van der Waals surface area contributed by atoms with E-state index in [2.05, 4.69) is 51.2 Å². The average molecular weight is 395 g/mol. The molecule has 2 saturated heterocycles. The van der Waals surface area contributed by atoms with Crippen molar-refractivity contribution in [2.75, 3.05) is 44.3 Å². The molecule has 1 amide bonds. The van der Waals surface area contributed by atoms with Gasteiger partial charge in [-0.05, 0) is 50.8 Å². The van der Waals surface area contributed by atoms with Crippen molar-refractivity contribution in [2.45, 2.75) is 38.5 Å². The maximum atomic E-state index is 13.8. The Morgan fingerprint density at radius 2 is 1.69 bits per heavy atom. The van der Waals surface area contributed by atoms with Crippen molar-refractivity contribution in [1.82, 2.24) is 15.1 Å². The van der Waals surface area contributed by atoms with Gasteiger partial charge < -0.3 is 14.5 Å². The summed E-state index contributed by atoms with van der Waals surface area (Å²) >= 11 is 0. The summed E-state index contributed by atoms with van der Waals surface area (Å²) in [6.45, 7) is 8.47. The Bertz CT molecular complexity index is 829. The second-order valence-corrected chi connectivity index (χ2v) is 8.23. The Balaban J connectivity index is 1.53. The van der Waals surface area contributed by atoms with Crippen molar-refractivity contribution >= 4 is 11.7 Å². The smallest absolute Gasteiger partial charge is 0.233 e. The highest BCUT2D eigenvalue weighted by atomic mass is 16.5. The van der Waals surface area contributed by atoms with Crippen LogP contribution in [0.25, 0.3) is 0 Å². The van der Waals surface area contributed by atoms with E-state index in [9.17, 15) is 4.79 Å². The summed E-state index contributed by atoms with van der Waals surface area (Å²) in [7, 11) is 0. The summed E-state index contributed by atoms with van der Waals surface area (Å²) in [5.74, 6) is 1.14. The van der Waals surface area contributed by atoms with E-state index in [1.54, 1.807) is 0 Å². The molecule has 29 heavy (non-hydrogen) atoms. The maximum absolute atomic E-state index is 13.8. The van der Waals surface area contributed by atoms with Crippen LogP contribution < -0.4 is 4.90 Å². The van der Waals surface area contributed by atoms with E-state index >= 15 is 0 Å². The minimum absolute atomic E-state index is 0.251. The van der Waals surface area contributed by atoms with E-state index in [4.69, 9.17) is 4.74 Å². The van der Waals surface area contributed by atoms with Gasteiger partial charge in [0.2, 0.25) is 5.91 Å². The van der Waals surface area contributed by atoms with Crippen LogP contribution in [0.2, 0.25) is 0 Å². The van der Waals surface area contributed by atoms with Crippen molar-refractivity contribution in [3.05, 3.63) is 53.2 Å². The van der Waals surface area contributed by atoms with Crippen molar-refractivity contribution in [3.8, 4) is 0 Å². The fourth-order valence-electron chi connectivity index (χ4n) is 4.43. The summed E-state index contributed by atoms with van der Waals surface area (Å²) < 4.78 is 5.62.